The first kappa shape index (κ1) is 15.6. The number of allylic oxidation sites excluding steroid dienone is 1. The molecular weight excluding hydrogens is 304 g/mol. The summed E-state index contributed by atoms with van der Waals surface area (Å²) in [5.41, 5.74) is 4.91. The molecule has 0 unspecified atom stereocenters. The SMILES string of the molecule is C=C(CC)NCc1nc2ccccc2c(Cl)c1-c1ccccc1. The summed E-state index contributed by atoms with van der Waals surface area (Å²) >= 11 is 6.74. The van der Waals surface area contributed by atoms with Gasteiger partial charge in [0.2, 0.25) is 0 Å². The Bertz CT molecular complexity index is 841. The Balaban J connectivity index is 2.17. The zero-order chi connectivity index (χ0) is 16.2. The largest absolute Gasteiger partial charge is 0.383 e. The van der Waals surface area contributed by atoms with Gasteiger partial charge in [-0.05, 0) is 18.1 Å². The van der Waals surface area contributed by atoms with Gasteiger partial charge in [0, 0.05) is 16.6 Å². The van der Waals surface area contributed by atoms with Crippen LogP contribution >= 0.6 is 11.6 Å². The lowest BCUT2D eigenvalue weighted by Gasteiger charge is -2.15. The van der Waals surface area contributed by atoms with Crippen molar-refractivity contribution >= 4 is 22.5 Å². The van der Waals surface area contributed by atoms with Gasteiger partial charge in [0.25, 0.3) is 0 Å². The van der Waals surface area contributed by atoms with Gasteiger partial charge in [0.05, 0.1) is 22.8 Å². The van der Waals surface area contributed by atoms with E-state index < -0.39 is 0 Å². The number of nitrogens with one attached hydrogen (secondary N) is 1. The minimum atomic E-state index is 0.613. The molecule has 0 spiro atoms. The Morgan fingerprint density at radius 3 is 2.52 bits per heavy atom. The van der Waals surface area contributed by atoms with Crippen molar-refractivity contribution in [1.29, 1.82) is 0 Å². The highest BCUT2D eigenvalue weighted by atomic mass is 35.5. The van der Waals surface area contributed by atoms with E-state index in [0.29, 0.717) is 6.54 Å². The maximum absolute atomic E-state index is 6.74. The first-order chi connectivity index (χ1) is 11.2. The van der Waals surface area contributed by atoms with E-state index in [-0.39, 0.29) is 0 Å². The van der Waals surface area contributed by atoms with Crippen molar-refractivity contribution in [2.45, 2.75) is 19.9 Å². The van der Waals surface area contributed by atoms with Crippen LogP contribution in [0.25, 0.3) is 22.0 Å². The molecule has 0 bridgehead atoms. The van der Waals surface area contributed by atoms with E-state index in [1.54, 1.807) is 0 Å². The number of halogens is 1. The molecule has 0 aliphatic heterocycles. The van der Waals surface area contributed by atoms with Crippen molar-refractivity contribution in [2.24, 2.45) is 0 Å². The lowest BCUT2D eigenvalue weighted by Crippen LogP contribution is -2.13. The molecule has 1 aromatic heterocycles. The molecule has 3 heteroatoms. The summed E-state index contributed by atoms with van der Waals surface area (Å²) in [6, 6.07) is 18.1. The molecule has 1 N–H and O–H groups in total. The summed E-state index contributed by atoms with van der Waals surface area (Å²) in [5, 5.41) is 5.06. The molecule has 2 nitrogen and oxygen atoms in total. The molecule has 3 rings (SSSR count). The molecule has 3 aromatic rings. The van der Waals surface area contributed by atoms with Crippen LogP contribution in [0.4, 0.5) is 0 Å². The highest BCUT2D eigenvalue weighted by molar-refractivity contribution is 6.38. The molecule has 1 heterocycles. The van der Waals surface area contributed by atoms with Gasteiger partial charge in [-0.25, -0.2) is 0 Å². The molecule has 116 valence electrons. The zero-order valence-electron chi connectivity index (χ0n) is 13.1. The van der Waals surface area contributed by atoms with E-state index >= 15 is 0 Å². The van der Waals surface area contributed by atoms with Crippen LogP contribution in [0.1, 0.15) is 19.0 Å². The fourth-order valence-electron chi connectivity index (χ4n) is 2.58. The standard InChI is InChI=1S/C20H19ClN2/c1-3-14(2)22-13-18-19(15-9-5-4-6-10-15)20(21)16-11-7-8-12-17(16)23-18/h4-12,22H,2-3,13H2,1H3. The fraction of sp³-hybridized carbons (Fsp3) is 0.150. The van der Waals surface area contributed by atoms with Crippen molar-refractivity contribution in [3.05, 3.63) is 77.6 Å². The second-order valence-electron chi connectivity index (χ2n) is 5.44. The lowest BCUT2D eigenvalue weighted by molar-refractivity contribution is 0.762. The average Bonchev–Trinajstić information content (AvgIpc) is 2.60. The Hall–Kier alpha value is -2.32. The first-order valence-corrected chi connectivity index (χ1v) is 8.12. The number of fused-ring (bicyclic) bond motifs is 1. The molecular formula is C20H19ClN2. The summed E-state index contributed by atoms with van der Waals surface area (Å²) in [7, 11) is 0. The molecule has 0 atom stereocenters. The van der Waals surface area contributed by atoms with Gasteiger partial charge in [-0.1, -0.05) is 73.6 Å². The quantitative estimate of drug-likeness (QED) is 0.664. The van der Waals surface area contributed by atoms with Gasteiger partial charge < -0.3 is 5.32 Å². The fourth-order valence-corrected chi connectivity index (χ4v) is 2.96. The van der Waals surface area contributed by atoms with Crippen molar-refractivity contribution < 1.29 is 0 Å². The minimum Gasteiger partial charge on any atom is -0.383 e. The molecule has 0 fully saturated rings. The summed E-state index contributed by atoms with van der Waals surface area (Å²) in [4.78, 5) is 4.83. The molecule has 23 heavy (non-hydrogen) atoms. The first-order valence-electron chi connectivity index (χ1n) is 7.75. The van der Waals surface area contributed by atoms with Gasteiger partial charge in [-0.3, -0.25) is 4.98 Å². The number of hydrogen-bond donors (Lipinski definition) is 1. The third kappa shape index (κ3) is 3.22. The summed E-state index contributed by atoms with van der Waals surface area (Å²) in [6.07, 6.45) is 0.891. The van der Waals surface area contributed by atoms with Crippen LogP contribution in [0.15, 0.2) is 66.9 Å². The number of hydrogen-bond acceptors (Lipinski definition) is 2. The van der Waals surface area contributed by atoms with Crippen LogP contribution in [0.3, 0.4) is 0 Å². The molecule has 2 aromatic carbocycles. The smallest absolute Gasteiger partial charge is 0.0721 e. The number of benzene rings is 2. The number of rotatable bonds is 5. The minimum absolute atomic E-state index is 0.613. The Morgan fingerprint density at radius 1 is 1.09 bits per heavy atom. The van der Waals surface area contributed by atoms with Gasteiger partial charge in [0.15, 0.2) is 0 Å². The molecule has 0 radical (unpaired) electrons. The number of para-hydroxylation sites is 1. The van der Waals surface area contributed by atoms with Crippen molar-refractivity contribution in [2.75, 3.05) is 0 Å². The van der Waals surface area contributed by atoms with E-state index in [9.17, 15) is 0 Å². The Morgan fingerprint density at radius 2 is 1.78 bits per heavy atom. The van der Waals surface area contributed by atoms with Crippen LogP contribution < -0.4 is 5.32 Å². The molecule has 0 aliphatic rings. The van der Waals surface area contributed by atoms with Gasteiger partial charge >= 0.3 is 0 Å². The number of nitrogens with zero attached hydrogens (tertiary/aromatic N) is 1. The van der Waals surface area contributed by atoms with Crippen LogP contribution in [-0.2, 0) is 6.54 Å². The Labute approximate surface area is 141 Å². The Kier molecular flexibility index (Phi) is 4.63. The molecule has 0 amide bonds. The third-order valence-corrected chi connectivity index (χ3v) is 4.29. The van der Waals surface area contributed by atoms with Gasteiger partial charge in [0.1, 0.15) is 0 Å². The van der Waals surface area contributed by atoms with Crippen LogP contribution in [0, 0.1) is 0 Å². The summed E-state index contributed by atoms with van der Waals surface area (Å²) in [5.74, 6) is 0. The van der Waals surface area contributed by atoms with Crippen LogP contribution in [0.2, 0.25) is 5.02 Å². The normalized spacial score (nSPS) is 10.7. The van der Waals surface area contributed by atoms with Crippen LogP contribution in [0.5, 0.6) is 0 Å². The third-order valence-electron chi connectivity index (χ3n) is 3.90. The predicted molar refractivity (Wildman–Crippen MR) is 98.5 cm³/mol. The second kappa shape index (κ2) is 6.84. The predicted octanol–water partition coefficient (Wildman–Crippen LogP) is 5.57. The van der Waals surface area contributed by atoms with Crippen molar-refractivity contribution in [3.63, 3.8) is 0 Å². The highest BCUT2D eigenvalue weighted by Crippen LogP contribution is 2.35. The van der Waals surface area contributed by atoms with E-state index in [1.165, 1.54) is 0 Å². The molecule has 0 aliphatic carbocycles. The van der Waals surface area contributed by atoms with Gasteiger partial charge in [-0.15, -0.1) is 0 Å². The van der Waals surface area contributed by atoms with E-state index in [2.05, 4.69) is 31.0 Å². The van der Waals surface area contributed by atoms with Crippen molar-refractivity contribution in [1.82, 2.24) is 10.3 Å². The van der Waals surface area contributed by atoms with Crippen molar-refractivity contribution in [3.8, 4) is 11.1 Å². The topological polar surface area (TPSA) is 24.9 Å². The number of pyridine rings is 1. The highest BCUT2D eigenvalue weighted by Gasteiger charge is 2.15. The molecule has 0 saturated heterocycles. The average molecular weight is 323 g/mol. The van der Waals surface area contributed by atoms with Crippen LogP contribution in [-0.4, -0.2) is 4.98 Å². The maximum atomic E-state index is 6.74. The lowest BCUT2D eigenvalue weighted by atomic mass is 10.0. The monoisotopic (exact) mass is 322 g/mol. The maximum Gasteiger partial charge on any atom is 0.0721 e. The van der Waals surface area contributed by atoms with E-state index in [0.717, 1.165) is 44.9 Å². The number of aromatic nitrogens is 1. The summed E-state index contributed by atoms with van der Waals surface area (Å²) < 4.78 is 0. The molecule has 0 saturated carbocycles. The van der Waals surface area contributed by atoms with Gasteiger partial charge in [-0.2, -0.15) is 0 Å². The zero-order valence-corrected chi connectivity index (χ0v) is 13.9. The van der Waals surface area contributed by atoms with E-state index in [4.69, 9.17) is 16.6 Å². The second-order valence-corrected chi connectivity index (χ2v) is 5.82. The summed E-state index contributed by atoms with van der Waals surface area (Å²) in [6.45, 7) is 6.69. The van der Waals surface area contributed by atoms with E-state index in [1.807, 2.05) is 42.5 Å².